The molecule has 0 saturated heterocycles. The van der Waals surface area contributed by atoms with Crippen LogP contribution in [0.25, 0.3) is 0 Å². The smallest absolute Gasteiger partial charge is 0.0595 e. The lowest BCUT2D eigenvalue weighted by Gasteiger charge is -2.26. The fourth-order valence-corrected chi connectivity index (χ4v) is 3.14. The summed E-state index contributed by atoms with van der Waals surface area (Å²) in [6.45, 7) is 0. The minimum Gasteiger partial charge on any atom is -0.333 e. The zero-order valence-corrected chi connectivity index (χ0v) is 13.1. The molecule has 1 nitrogen and oxygen atoms in total. The first-order valence-electron chi connectivity index (χ1n) is 6.86. The molecule has 1 aliphatic carbocycles. The summed E-state index contributed by atoms with van der Waals surface area (Å²) >= 11 is 12.1. The van der Waals surface area contributed by atoms with Gasteiger partial charge in [0.1, 0.15) is 0 Å². The van der Waals surface area contributed by atoms with E-state index in [0.717, 1.165) is 0 Å². The number of nitrogens with two attached hydrogens (primary N) is 1. The van der Waals surface area contributed by atoms with Crippen molar-refractivity contribution in [3.63, 3.8) is 0 Å². The monoisotopic (exact) mass is 307 g/mol. The second-order valence-corrected chi connectivity index (χ2v) is 5.63. The molecule has 0 amide bonds. The van der Waals surface area contributed by atoms with Gasteiger partial charge in [-0.05, 0) is 55.1 Å². The van der Waals surface area contributed by atoms with Crippen LogP contribution in [0.3, 0.4) is 0 Å². The number of aryl methyl sites for hydroxylation is 1. The Hall–Kier alpha value is -1.02. The van der Waals surface area contributed by atoms with E-state index in [0.29, 0.717) is 16.0 Å². The number of hydrogen-bond acceptors (Lipinski definition) is 1. The van der Waals surface area contributed by atoms with Crippen molar-refractivity contribution < 1.29 is 0 Å². The summed E-state index contributed by atoms with van der Waals surface area (Å²) in [5, 5.41) is 1.28. The van der Waals surface area contributed by atoms with Gasteiger partial charge in [0.05, 0.1) is 10.0 Å². The summed E-state index contributed by atoms with van der Waals surface area (Å²) in [4.78, 5) is 0. The van der Waals surface area contributed by atoms with Crippen LogP contribution >= 0.6 is 23.2 Å². The van der Waals surface area contributed by atoms with Crippen molar-refractivity contribution in [3.05, 3.63) is 69.2 Å². The molecular weight excluding hydrogens is 289 g/mol. The summed E-state index contributed by atoms with van der Waals surface area (Å²) in [6, 6.07) is 14.7. The van der Waals surface area contributed by atoms with Crippen molar-refractivity contribution >= 4 is 23.2 Å². The highest BCUT2D eigenvalue weighted by atomic mass is 35.5. The van der Waals surface area contributed by atoms with Gasteiger partial charge in [0, 0.05) is 5.92 Å². The van der Waals surface area contributed by atoms with Crippen LogP contribution in [-0.2, 0) is 6.42 Å². The van der Waals surface area contributed by atoms with E-state index in [4.69, 9.17) is 23.2 Å². The Labute approximate surface area is 130 Å². The molecule has 0 aliphatic heterocycles. The van der Waals surface area contributed by atoms with Gasteiger partial charge in [0.2, 0.25) is 0 Å². The molecule has 2 aromatic rings. The molecule has 106 valence electrons. The third kappa shape index (κ3) is 3.17. The highest BCUT2D eigenvalue weighted by molar-refractivity contribution is 6.42. The van der Waals surface area contributed by atoms with E-state index in [2.05, 4.69) is 36.1 Å². The molecule has 3 rings (SSSR count). The van der Waals surface area contributed by atoms with Gasteiger partial charge >= 0.3 is 0 Å². The van der Waals surface area contributed by atoms with Gasteiger partial charge in [0.15, 0.2) is 0 Å². The van der Waals surface area contributed by atoms with Crippen LogP contribution in [0.4, 0.5) is 0 Å². The van der Waals surface area contributed by atoms with E-state index in [1.165, 1.54) is 43.0 Å². The molecule has 0 heterocycles. The molecule has 1 atom stereocenters. The Balaban J connectivity index is 0.000000704. The van der Waals surface area contributed by atoms with E-state index < -0.39 is 0 Å². The number of fused-ring (bicyclic) bond motifs is 1. The third-order valence-electron chi connectivity index (χ3n) is 3.72. The Morgan fingerprint density at radius 3 is 2.50 bits per heavy atom. The molecule has 2 N–H and O–H groups in total. The number of hydrogen-bond donors (Lipinski definition) is 1. The number of benzene rings is 2. The molecule has 3 heteroatoms. The van der Waals surface area contributed by atoms with Gasteiger partial charge in [-0.1, -0.05) is 53.5 Å². The van der Waals surface area contributed by atoms with Gasteiger partial charge in [-0.25, -0.2) is 0 Å². The summed E-state index contributed by atoms with van der Waals surface area (Å²) in [6.07, 6.45) is 3.62. The van der Waals surface area contributed by atoms with Crippen LogP contribution < -0.4 is 5.73 Å². The van der Waals surface area contributed by atoms with Crippen molar-refractivity contribution in [1.29, 1.82) is 0 Å². The third-order valence-corrected chi connectivity index (χ3v) is 4.45. The number of halogens is 2. The van der Waals surface area contributed by atoms with E-state index >= 15 is 0 Å². The van der Waals surface area contributed by atoms with Gasteiger partial charge < -0.3 is 5.73 Å². The highest BCUT2D eigenvalue weighted by Gasteiger charge is 2.21. The molecular formula is C17H19Cl2N. The molecule has 1 unspecified atom stereocenters. The van der Waals surface area contributed by atoms with Gasteiger partial charge in [-0.15, -0.1) is 0 Å². The van der Waals surface area contributed by atoms with Crippen molar-refractivity contribution in [1.82, 2.24) is 0 Å². The Morgan fingerprint density at radius 1 is 1.00 bits per heavy atom. The van der Waals surface area contributed by atoms with Crippen LogP contribution in [0, 0.1) is 0 Å². The quantitative estimate of drug-likeness (QED) is 0.785. The standard InChI is InChI=1S/C16H14Cl2.CH5N/c17-15-9-8-12(10-16(15)18)14-7-3-5-11-4-1-2-6-13(11)14;1-2/h1-2,4,6,8-10,14H,3,5,7H2;2H2,1H3. The minimum atomic E-state index is 0.463. The summed E-state index contributed by atoms with van der Waals surface area (Å²) in [7, 11) is 1.50. The topological polar surface area (TPSA) is 26.0 Å². The maximum atomic E-state index is 6.13. The van der Waals surface area contributed by atoms with Crippen LogP contribution in [-0.4, -0.2) is 7.05 Å². The van der Waals surface area contributed by atoms with Crippen molar-refractivity contribution in [2.45, 2.75) is 25.2 Å². The number of rotatable bonds is 1. The summed E-state index contributed by atoms with van der Waals surface area (Å²) < 4.78 is 0. The van der Waals surface area contributed by atoms with Crippen LogP contribution in [0.15, 0.2) is 42.5 Å². The van der Waals surface area contributed by atoms with E-state index in [1.807, 2.05) is 12.1 Å². The fraction of sp³-hybridized carbons (Fsp3) is 0.294. The molecule has 0 aromatic heterocycles. The summed E-state index contributed by atoms with van der Waals surface area (Å²) in [5.74, 6) is 0.463. The van der Waals surface area contributed by atoms with E-state index in [1.54, 1.807) is 0 Å². The minimum absolute atomic E-state index is 0.463. The lowest BCUT2D eigenvalue weighted by Crippen LogP contribution is -2.10. The largest absolute Gasteiger partial charge is 0.333 e. The normalized spacial score (nSPS) is 16.9. The molecule has 20 heavy (non-hydrogen) atoms. The van der Waals surface area contributed by atoms with Crippen LogP contribution in [0.5, 0.6) is 0 Å². The zero-order valence-electron chi connectivity index (χ0n) is 11.6. The lowest BCUT2D eigenvalue weighted by atomic mass is 9.79. The first-order valence-corrected chi connectivity index (χ1v) is 7.62. The van der Waals surface area contributed by atoms with E-state index in [-0.39, 0.29) is 0 Å². The Bertz CT molecular complexity index is 581. The molecule has 0 spiro atoms. The maximum Gasteiger partial charge on any atom is 0.0595 e. The first-order chi connectivity index (χ1) is 9.75. The summed E-state index contributed by atoms with van der Waals surface area (Å²) in [5.41, 5.74) is 8.69. The second-order valence-electron chi connectivity index (χ2n) is 4.82. The molecule has 0 saturated carbocycles. The average Bonchev–Trinajstić information content (AvgIpc) is 2.51. The fourth-order valence-electron chi connectivity index (χ4n) is 2.83. The molecule has 1 aliphatic rings. The molecule has 0 radical (unpaired) electrons. The van der Waals surface area contributed by atoms with Crippen LogP contribution in [0.1, 0.15) is 35.4 Å². The lowest BCUT2D eigenvalue weighted by molar-refractivity contribution is 0.616. The van der Waals surface area contributed by atoms with Gasteiger partial charge in [0.25, 0.3) is 0 Å². The van der Waals surface area contributed by atoms with Crippen LogP contribution in [0.2, 0.25) is 10.0 Å². The Morgan fingerprint density at radius 2 is 1.75 bits per heavy atom. The van der Waals surface area contributed by atoms with Crippen molar-refractivity contribution in [3.8, 4) is 0 Å². The molecule has 0 fully saturated rings. The van der Waals surface area contributed by atoms with Crippen molar-refractivity contribution in [2.75, 3.05) is 7.05 Å². The predicted octanol–water partition coefficient (Wildman–Crippen LogP) is 5.04. The average molecular weight is 308 g/mol. The van der Waals surface area contributed by atoms with Crippen molar-refractivity contribution in [2.24, 2.45) is 5.73 Å². The zero-order chi connectivity index (χ0) is 14.5. The highest BCUT2D eigenvalue weighted by Crippen LogP contribution is 2.38. The second kappa shape index (κ2) is 7.12. The van der Waals surface area contributed by atoms with E-state index in [9.17, 15) is 0 Å². The molecule has 0 bridgehead atoms. The van der Waals surface area contributed by atoms with Gasteiger partial charge in [-0.3, -0.25) is 0 Å². The SMILES string of the molecule is CN.Clc1ccc(C2CCCc3ccccc32)cc1Cl. The first kappa shape index (κ1) is 15.4. The Kier molecular flexibility index (Phi) is 5.47. The predicted molar refractivity (Wildman–Crippen MR) is 87.8 cm³/mol. The van der Waals surface area contributed by atoms with Gasteiger partial charge in [-0.2, -0.15) is 0 Å². The maximum absolute atomic E-state index is 6.13. The molecule has 2 aromatic carbocycles.